The monoisotopic (exact) mass is 379 g/mol. The Bertz CT molecular complexity index is 1030. The smallest absolute Gasteiger partial charge is 0.338 e. The van der Waals surface area contributed by atoms with Gasteiger partial charge in [-0.15, -0.1) is 0 Å². The molecule has 146 valence electrons. The van der Waals surface area contributed by atoms with E-state index in [0.29, 0.717) is 24.1 Å². The Morgan fingerprint density at radius 1 is 1.11 bits per heavy atom. The van der Waals surface area contributed by atoms with Gasteiger partial charge in [0, 0.05) is 22.2 Å². The third-order valence-electron chi connectivity index (χ3n) is 4.81. The Kier molecular flexibility index (Phi) is 6.26. The number of hydrogen-bond acceptors (Lipinski definition) is 3. The second-order valence-corrected chi connectivity index (χ2v) is 7.25. The van der Waals surface area contributed by atoms with Crippen molar-refractivity contribution in [2.24, 2.45) is 0 Å². The van der Waals surface area contributed by atoms with Crippen LogP contribution in [0.4, 0.5) is 0 Å². The molecule has 3 rings (SSSR count). The first-order valence-corrected chi connectivity index (χ1v) is 9.67. The van der Waals surface area contributed by atoms with Crippen LogP contribution in [0, 0.1) is 6.92 Å². The number of aromatic amines is 1. The zero-order valence-corrected chi connectivity index (χ0v) is 16.7. The van der Waals surface area contributed by atoms with Crippen molar-refractivity contribution in [2.45, 2.75) is 33.4 Å². The molecule has 1 atom stereocenters. The Hall–Kier alpha value is -2.92. The second-order valence-electron chi connectivity index (χ2n) is 7.25. The number of fused-ring (bicyclic) bond motifs is 1. The fourth-order valence-corrected chi connectivity index (χ4v) is 3.38. The third kappa shape index (κ3) is 4.49. The Balaban J connectivity index is 1.89. The van der Waals surface area contributed by atoms with Crippen LogP contribution in [-0.4, -0.2) is 24.6 Å². The summed E-state index contributed by atoms with van der Waals surface area (Å²) in [6, 6.07) is 15.3. The molecule has 0 fully saturated rings. The van der Waals surface area contributed by atoms with Crippen molar-refractivity contribution in [2.75, 3.05) is 13.7 Å². The first-order valence-electron chi connectivity index (χ1n) is 9.67. The minimum Gasteiger partial charge on any atom is -0.462 e. The average molecular weight is 379 g/mol. The zero-order chi connectivity index (χ0) is 20.1. The van der Waals surface area contributed by atoms with Crippen molar-refractivity contribution in [3.05, 3.63) is 81.1 Å². The van der Waals surface area contributed by atoms with Crippen LogP contribution in [0.5, 0.6) is 0 Å². The first-order chi connectivity index (χ1) is 13.5. The average Bonchev–Trinajstić information content (AvgIpc) is 2.70. The van der Waals surface area contributed by atoms with Gasteiger partial charge in [0.2, 0.25) is 0 Å². The SMILES string of the molecule is CCCOC(=O)c1ccc2[nH]c(C)c(C[NH+](C)Cc3ccccc3)c(=O)c2c1. The van der Waals surface area contributed by atoms with Crippen LogP contribution in [-0.2, 0) is 17.8 Å². The maximum Gasteiger partial charge on any atom is 0.338 e. The van der Waals surface area contributed by atoms with Crippen LogP contribution in [0.25, 0.3) is 10.9 Å². The van der Waals surface area contributed by atoms with Crippen molar-refractivity contribution in [3.63, 3.8) is 0 Å². The van der Waals surface area contributed by atoms with E-state index >= 15 is 0 Å². The molecule has 28 heavy (non-hydrogen) atoms. The molecule has 1 heterocycles. The van der Waals surface area contributed by atoms with Gasteiger partial charge in [-0.05, 0) is 31.5 Å². The molecule has 0 bridgehead atoms. The van der Waals surface area contributed by atoms with Crippen LogP contribution < -0.4 is 10.3 Å². The lowest BCUT2D eigenvalue weighted by Crippen LogP contribution is -3.06. The van der Waals surface area contributed by atoms with E-state index in [-0.39, 0.29) is 5.43 Å². The van der Waals surface area contributed by atoms with E-state index in [1.165, 1.54) is 10.5 Å². The van der Waals surface area contributed by atoms with Crippen LogP contribution in [0.3, 0.4) is 0 Å². The number of benzene rings is 2. The van der Waals surface area contributed by atoms with E-state index in [4.69, 9.17) is 4.74 Å². The first kappa shape index (κ1) is 19.8. The minimum absolute atomic E-state index is 0.0243. The largest absolute Gasteiger partial charge is 0.462 e. The molecule has 5 nitrogen and oxygen atoms in total. The molecule has 0 saturated carbocycles. The molecule has 0 amide bonds. The number of carbonyl (C=O) groups is 1. The molecule has 3 aromatic rings. The van der Waals surface area contributed by atoms with E-state index in [0.717, 1.165) is 29.7 Å². The molecule has 0 aliphatic rings. The lowest BCUT2D eigenvalue weighted by molar-refractivity contribution is -0.907. The van der Waals surface area contributed by atoms with Gasteiger partial charge in [0.25, 0.3) is 0 Å². The van der Waals surface area contributed by atoms with Gasteiger partial charge < -0.3 is 14.6 Å². The standard InChI is InChI=1S/C23H26N2O3/c1-4-12-28-23(27)18-10-11-21-19(13-18)22(26)20(16(2)24-21)15-25(3)14-17-8-6-5-7-9-17/h5-11,13H,4,12,14-15H2,1-3H3,(H,24,26)/p+1. The van der Waals surface area contributed by atoms with Crippen molar-refractivity contribution in [1.29, 1.82) is 0 Å². The summed E-state index contributed by atoms with van der Waals surface area (Å²) in [6.45, 7) is 5.69. The summed E-state index contributed by atoms with van der Waals surface area (Å²) in [5.41, 5.74) is 3.97. The highest BCUT2D eigenvalue weighted by molar-refractivity contribution is 5.94. The maximum atomic E-state index is 13.1. The highest BCUT2D eigenvalue weighted by atomic mass is 16.5. The minimum atomic E-state index is -0.392. The molecule has 0 aliphatic heterocycles. The van der Waals surface area contributed by atoms with Gasteiger partial charge in [0.05, 0.1) is 24.8 Å². The molecule has 2 N–H and O–H groups in total. The fraction of sp³-hybridized carbons (Fsp3) is 0.304. The predicted octanol–water partition coefficient (Wildman–Crippen LogP) is 2.62. The third-order valence-corrected chi connectivity index (χ3v) is 4.81. The number of esters is 1. The molecule has 2 aromatic carbocycles. The van der Waals surface area contributed by atoms with E-state index in [9.17, 15) is 9.59 Å². The molecular weight excluding hydrogens is 352 g/mol. The van der Waals surface area contributed by atoms with Crippen molar-refractivity contribution in [1.82, 2.24) is 4.98 Å². The number of aromatic nitrogens is 1. The number of hydrogen-bond donors (Lipinski definition) is 2. The summed E-state index contributed by atoms with van der Waals surface area (Å²) in [5.74, 6) is -0.392. The van der Waals surface area contributed by atoms with Crippen molar-refractivity contribution >= 4 is 16.9 Å². The number of quaternary nitrogens is 1. The Labute approximate surface area is 165 Å². The quantitative estimate of drug-likeness (QED) is 0.621. The molecule has 5 heteroatoms. The van der Waals surface area contributed by atoms with Crippen molar-refractivity contribution < 1.29 is 14.4 Å². The number of carbonyl (C=O) groups excluding carboxylic acids is 1. The summed E-state index contributed by atoms with van der Waals surface area (Å²) < 4.78 is 5.20. The number of pyridine rings is 1. The summed E-state index contributed by atoms with van der Waals surface area (Å²) in [5, 5.41) is 0.527. The van der Waals surface area contributed by atoms with Gasteiger partial charge in [-0.1, -0.05) is 37.3 Å². The molecule has 0 spiro atoms. The van der Waals surface area contributed by atoms with Crippen LogP contribution in [0.2, 0.25) is 0 Å². The number of nitrogens with one attached hydrogen (secondary N) is 2. The molecular formula is C23H27N2O3+. The highest BCUT2D eigenvalue weighted by Crippen LogP contribution is 2.14. The molecule has 0 radical (unpaired) electrons. The van der Waals surface area contributed by atoms with E-state index in [1.807, 2.05) is 32.0 Å². The van der Waals surface area contributed by atoms with Gasteiger partial charge >= 0.3 is 5.97 Å². The van der Waals surface area contributed by atoms with Gasteiger partial charge in [-0.2, -0.15) is 0 Å². The Morgan fingerprint density at radius 2 is 1.86 bits per heavy atom. The highest BCUT2D eigenvalue weighted by Gasteiger charge is 2.16. The molecule has 1 unspecified atom stereocenters. The molecule has 0 aliphatic carbocycles. The van der Waals surface area contributed by atoms with Gasteiger partial charge in [0.1, 0.15) is 13.1 Å². The fourth-order valence-electron chi connectivity index (χ4n) is 3.38. The topological polar surface area (TPSA) is 63.6 Å². The van der Waals surface area contributed by atoms with E-state index in [1.54, 1.807) is 18.2 Å². The van der Waals surface area contributed by atoms with E-state index in [2.05, 4.69) is 24.2 Å². The predicted molar refractivity (Wildman–Crippen MR) is 111 cm³/mol. The summed E-state index contributed by atoms with van der Waals surface area (Å²) in [4.78, 5) is 29.8. The zero-order valence-electron chi connectivity index (χ0n) is 16.7. The van der Waals surface area contributed by atoms with Crippen LogP contribution in [0.1, 0.15) is 40.5 Å². The number of aryl methyl sites for hydroxylation is 1. The van der Waals surface area contributed by atoms with Crippen molar-refractivity contribution in [3.8, 4) is 0 Å². The summed E-state index contributed by atoms with van der Waals surface area (Å²) in [7, 11) is 2.08. The molecule has 1 aromatic heterocycles. The number of H-pyrrole nitrogens is 1. The van der Waals surface area contributed by atoms with E-state index < -0.39 is 5.97 Å². The van der Waals surface area contributed by atoms with Crippen LogP contribution >= 0.6 is 0 Å². The maximum absolute atomic E-state index is 13.1. The van der Waals surface area contributed by atoms with Gasteiger partial charge in [-0.25, -0.2) is 4.79 Å². The lowest BCUT2D eigenvalue weighted by Gasteiger charge is -2.16. The van der Waals surface area contributed by atoms with Gasteiger partial charge in [-0.3, -0.25) is 4.79 Å². The lowest BCUT2D eigenvalue weighted by atomic mass is 10.1. The van der Waals surface area contributed by atoms with Gasteiger partial charge in [0.15, 0.2) is 5.43 Å². The number of ether oxygens (including phenoxy) is 1. The second kappa shape index (κ2) is 8.85. The normalized spacial score (nSPS) is 12.1. The number of rotatable bonds is 7. The molecule has 0 saturated heterocycles. The Morgan fingerprint density at radius 3 is 2.57 bits per heavy atom. The van der Waals surface area contributed by atoms with Crippen LogP contribution in [0.15, 0.2) is 53.3 Å². The summed E-state index contributed by atoms with van der Waals surface area (Å²) in [6.07, 6.45) is 0.764. The summed E-state index contributed by atoms with van der Waals surface area (Å²) >= 11 is 0.